The van der Waals surface area contributed by atoms with Crippen molar-refractivity contribution in [2.45, 2.75) is 0 Å². The van der Waals surface area contributed by atoms with Gasteiger partial charge in [0.25, 0.3) is 5.15 Å². The summed E-state index contributed by atoms with van der Waals surface area (Å²) >= 11 is 5.95. The lowest BCUT2D eigenvalue weighted by Gasteiger charge is -1.95. The van der Waals surface area contributed by atoms with Gasteiger partial charge in [0.05, 0.1) is 0 Å². The van der Waals surface area contributed by atoms with Crippen LogP contribution in [0.5, 0.6) is 0 Å². The van der Waals surface area contributed by atoms with Gasteiger partial charge in [-0.25, -0.2) is 0 Å². The molecule has 0 aliphatic rings. The fraction of sp³-hybridized carbons (Fsp3) is 0.100. The summed E-state index contributed by atoms with van der Waals surface area (Å²) in [7, 11) is 1.94. The quantitative estimate of drug-likeness (QED) is 0.431. The molecule has 0 saturated heterocycles. The Balaban J connectivity index is 2.84. The van der Waals surface area contributed by atoms with Gasteiger partial charge < -0.3 is 0 Å². The highest BCUT2D eigenvalue weighted by atomic mass is 35.5. The lowest BCUT2D eigenvalue weighted by molar-refractivity contribution is -0.667. The van der Waals surface area contributed by atoms with Crippen molar-refractivity contribution < 1.29 is 4.57 Å². The smallest absolute Gasteiger partial charge is 0.191 e. The summed E-state index contributed by atoms with van der Waals surface area (Å²) < 4.78 is 1.91. The van der Waals surface area contributed by atoms with Crippen LogP contribution in [0.15, 0.2) is 36.5 Å². The lowest BCUT2D eigenvalue weighted by atomic mass is 10.2. The van der Waals surface area contributed by atoms with Crippen LogP contribution in [-0.4, -0.2) is 0 Å². The van der Waals surface area contributed by atoms with E-state index in [2.05, 4.69) is 12.1 Å². The van der Waals surface area contributed by atoms with Crippen molar-refractivity contribution in [2.75, 3.05) is 0 Å². The molecule has 1 aromatic carbocycles. The van der Waals surface area contributed by atoms with Crippen LogP contribution in [0.2, 0.25) is 5.15 Å². The molecular weight excluding hydrogens is 170 g/mol. The average molecular weight is 179 g/mol. The zero-order chi connectivity index (χ0) is 8.55. The molecule has 0 amide bonds. The minimum Gasteiger partial charge on any atom is -0.191 e. The predicted octanol–water partition coefficient (Wildman–Crippen LogP) is 2.32. The Morgan fingerprint density at radius 1 is 1.17 bits per heavy atom. The molecule has 2 heteroatoms. The fourth-order valence-electron chi connectivity index (χ4n) is 1.26. The first-order valence-corrected chi connectivity index (χ1v) is 4.19. The Morgan fingerprint density at radius 3 is 2.58 bits per heavy atom. The summed E-state index contributed by atoms with van der Waals surface area (Å²) in [5, 5.41) is 3.15. The average Bonchev–Trinajstić information content (AvgIpc) is 2.07. The first-order valence-electron chi connectivity index (χ1n) is 3.81. The van der Waals surface area contributed by atoms with Gasteiger partial charge in [-0.2, -0.15) is 4.57 Å². The molecule has 1 aromatic heterocycles. The van der Waals surface area contributed by atoms with Gasteiger partial charge in [0.2, 0.25) is 0 Å². The summed E-state index contributed by atoms with van der Waals surface area (Å²) in [5.74, 6) is 0. The van der Waals surface area contributed by atoms with E-state index in [9.17, 15) is 0 Å². The number of fused-ring (bicyclic) bond motifs is 1. The van der Waals surface area contributed by atoms with Crippen LogP contribution in [0.1, 0.15) is 0 Å². The predicted molar refractivity (Wildman–Crippen MR) is 50.1 cm³/mol. The van der Waals surface area contributed by atoms with Crippen LogP contribution in [0.4, 0.5) is 0 Å². The summed E-state index contributed by atoms with van der Waals surface area (Å²) in [4.78, 5) is 0. The summed E-state index contributed by atoms with van der Waals surface area (Å²) in [5.41, 5.74) is 0. The molecule has 2 aromatic rings. The summed E-state index contributed by atoms with van der Waals surface area (Å²) in [6.45, 7) is 0. The van der Waals surface area contributed by atoms with E-state index in [-0.39, 0.29) is 0 Å². The molecule has 12 heavy (non-hydrogen) atoms. The normalized spacial score (nSPS) is 10.5. The molecular formula is C10H9ClN+. The van der Waals surface area contributed by atoms with Gasteiger partial charge in [0.15, 0.2) is 6.20 Å². The monoisotopic (exact) mass is 178 g/mol. The van der Waals surface area contributed by atoms with Crippen molar-refractivity contribution in [1.82, 2.24) is 0 Å². The zero-order valence-electron chi connectivity index (χ0n) is 6.79. The van der Waals surface area contributed by atoms with Gasteiger partial charge in [0, 0.05) is 11.5 Å². The van der Waals surface area contributed by atoms with Gasteiger partial charge in [-0.3, -0.25) is 0 Å². The van der Waals surface area contributed by atoms with E-state index in [1.165, 1.54) is 10.8 Å². The topological polar surface area (TPSA) is 3.88 Å². The van der Waals surface area contributed by atoms with Gasteiger partial charge in [-0.05, 0) is 23.1 Å². The molecule has 1 nitrogen and oxygen atoms in total. The van der Waals surface area contributed by atoms with Crippen molar-refractivity contribution in [3.8, 4) is 0 Å². The van der Waals surface area contributed by atoms with Crippen LogP contribution in [0.25, 0.3) is 10.8 Å². The second-order valence-electron chi connectivity index (χ2n) is 2.84. The maximum Gasteiger partial charge on any atom is 0.275 e. The Kier molecular flexibility index (Phi) is 1.74. The minimum absolute atomic E-state index is 0.758. The third kappa shape index (κ3) is 1.16. The SMILES string of the molecule is C[n+]1cc2ccccc2cc1Cl. The molecule has 0 N–H and O–H groups in total. The van der Waals surface area contributed by atoms with Crippen LogP contribution in [0.3, 0.4) is 0 Å². The Morgan fingerprint density at radius 2 is 1.83 bits per heavy atom. The highest BCUT2D eigenvalue weighted by Crippen LogP contribution is 2.14. The van der Waals surface area contributed by atoms with Crippen LogP contribution >= 0.6 is 11.6 Å². The maximum absolute atomic E-state index is 5.95. The molecule has 0 aliphatic carbocycles. The van der Waals surface area contributed by atoms with Crippen molar-refractivity contribution >= 4 is 22.4 Å². The molecule has 2 rings (SSSR count). The number of pyridine rings is 1. The fourth-order valence-corrected chi connectivity index (χ4v) is 1.43. The van der Waals surface area contributed by atoms with Crippen LogP contribution in [0, 0.1) is 0 Å². The van der Waals surface area contributed by atoms with E-state index >= 15 is 0 Å². The second-order valence-corrected chi connectivity index (χ2v) is 3.22. The molecule has 0 unspecified atom stereocenters. The molecule has 0 spiro atoms. The zero-order valence-corrected chi connectivity index (χ0v) is 7.55. The second kappa shape index (κ2) is 2.76. The van der Waals surface area contributed by atoms with Gasteiger partial charge >= 0.3 is 0 Å². The first-order chi connectivity index (χ1) is 5.77. The number of nitrogens with zero attached hydrogens (tertiary/aromatic N) is 1. The molecule has 0 fully saturated rings. The van der Waals surface area contributed by atoms with E-state index < -0.39 is 0 Å². The highest BCUT2D eigenvalue weighted by Gasteiger charge is 2.03. The first kappa shape index (κ1) is 7.56. The largest absolute Gasteiger partial charge is 0.275 e. The number of benzene rings is 1. The summed E-state index contributed by atoms with van der Waals surface area (Å²) in [6.07, 6.45) is 2.03. The van der Waals surface area contributed by atoms with Crippen molar-refractivity contribution in [3.05, 3.63) is 41.7 Å². The van der Waals surface area contributed by atoms with E-state index in [0.29, 0.717) is 0 Å². The molecule has 0 aliphatic heterocycles. The maximum atomic E-state index is 5.95. The van der Waals surface area contributed by atoms with Crippen molar-refractivity contribution in [1.29, 1.82) is 0 Å². The van der Waals surface area contributed by atoms with Gasteiger partial charge in [-0.15, -0.1) is 0 Å². The van der Waals surface area contributed by atoms with Crippen molar-refractivity contribution in [2.24, 2.45) is 7.05 Å². The number of hydrogen-bond donors (Lipinski definition) is 0. The van der Waals surface area contributed by atoms with Crippen LogP contribution < -0.4 is 4.57 Å². The Bertz CT molecular complexity index is 383. The van der Waals surface area contributed by atoms with Gasteiger partial charge in [-0.1, -0.05) is 18.2 Å². The molecule has 60 valence electrons. The van der Waals surface area contributed by atoms with Gasteiger partial charge in [0.1, 0.15) is 7.05 Å². The molecule has 0 radical (unpaired) electrons. The Hall–Kier alpha value is -1.08. The van der Waals surface area contributed by atoms with E-state index in [1.54, 1.807) is 0 Å². The number of aromatic nitrogens is 1. The van der Waals surface area contributed by atoms with E-state index in [0.717, 1.165) is 5.15 Å². The number of rotatable bonds is 0. The number of hydrogen-bond acceptors (Lipinski definition) is 0. The summed E-state index contributed by atoms with van der Waals surface area (Å²) in [6, 6.07) is 10.1. The minimum atomic E-state index is 0.758. The lowest BCUT2D eigenvalue weighted by Crippen LogP contribution is -2.28. The standard InChI is InChI=1S/C10H9ClN/c1-12-7-9-5-3-2-4-8(9)6-10(12)11/h2-7H,1H3/q+1. The highest BCUT2D eigenvalue weighted by molar-refractivity contribution is 6.29. The van der Waals surface area contributed by atoms with Crippen molar-refractivity contribution in [3.63, 3.8) is 0 Å². The molecule has 0 bridgehead atoms. The third-order valence-electron chi connectivity index (χ3n) is 1.94. The molecule has 0 atom stereocenters. The molecule has 1 heterocycles. The number of aryl methyl sites for hydroxylation is 1. The van der Waals surface area contributed by atoms with E-state index in [1.807, 2.05) is 36.0 Å². The number of halogens is 1. The van der Waals surface area contributed by atoms with Crippen LogP contribution in [-0.2, 0) is 7.05 Å². The van der Waals surface area contributed by atoms with E-state index in [4.69, 9.17) is 11.6 Å². The Labute approximate surface area is 76.2 Å². The molecule has 0 saturated carbocycles. The third-order valence-corrected chi connectivity index (χ3v) is 2.32.